The number of carbonyl (C=O) groups is 2. The van der Waals surface area contributed by atoms with Gasteiger partial charge in [-0.25, -0.2) is 4.79 Å². The number of fused-ring (bicyclic) bond motifs is 5. The van der Waals surface area contributed by atoms with Gasteiger partial charge in [0.15, 0.2) is 5.78 Å². The molecule has 1 amide bonds. The molecular formula is C35H39NO4. The third kappa shape index (κ3) is 4.64. The fraction of sp³-hybridized carbons (Fsp3) is 0.429. The number of amides is 1. The Balaban J connectivity index is 1.20. The summed E-state index contributed by atoms with van der Waals surface area (Å²) in [5, 5.41) is 0. The molecule has 0 N–H and O–H groups in total. The van der Waals surface area contributed by atoms with Crippen LogP contribution in [0.4, 0.5) is 4.79 Å². The molecule has 3 aliphatic rings. The maximum Gasteiger partial charge on any atom is 0.410 e. The van der Waals surface area contributed by atoms with Crippen LogP contribution in [0.5, 0.6) is 0 Å². The minimum atomic E-state index is -0.295. The highest BCUT2D eigenvalue weighted by Gasteiger charge is 2.45. The van der Waals surface area contributed by atoms with E-state index in [0.717, 1.165) is 16.7 Å². The van der Waals surface area contributed by atoms with Crippen LogP contribution in [0, 0.1) is 5.92 Å². The lowest BCUT2D eigenvalue weighted by atomic mass is 9.77. The van der Waals surface area contributed by atoms with Crippen LogP contribution >= 0.6 is 0 Å². The van der Waals surface area contributed by atoms with Gasteiger partial charge in [-0.05, 0) is 58.1 Å². The zero-order valence-electron chi connectivity index (χ0n) is 23.9. The molecule has 2 heterocycles. The van der Waals surface area contributed by atoms with E-state index >= 15 is 0 Å². The van der Waals surface area contributed by atoms with Crippen molar-refractivity contribution >= 4 is 11.9 Å². The summed E-state index contributed by atoms with van der Waals surface area (Å²) < 4.78 is 11.9. The molecule has 40 heavy (non-hydrogen) atoms. The number of benzene rings is 3. The van der Waals surface area contributed by atoms with Gasteiger partial charge in [-0.15, -0.1) is 0 Å². The van der Waals surface area contributed by atoms with Gasteiger partial charge < -0.3 is 9.47 Å². The van der Waals surface area contributed by atoms with Crippen LogP contribution in [0.25, 0.3) is 11.1 Å². The van der Waals surface area contributed by atoms with Crippen molar-refractivity contribution in [1.82, 2.24) is 4.90 Å². The van der Waals surface area contributed by atoms with Crippen molar-refractivity contribution in [2.24, 2.45) is 5.92 Å². The summed E-state index contributed by atoms with van der Waals surface area (Å²) in [5.41, 5.74) is 7.97. The highest BCUT2D eigenvalue weighted by Crippen LogP contribution is 2.45. The molecule has 6 rings (SSSR count). The van der Waals surface area contributed by atoms with Gasteiger partial charge in [0.1, 0.15) is 6.61 Å². The van der Waals surface area contributed by atoms with Gasteiger partial charge in [0.05, 0.1) is 25.3 Å². The maximum absolute atomic E-state index is 14.1. The van der Waals surface area contributed by atoms with Crippen LogP contribution in [0.2, 0.25) is 0 Å². The first-order valence-electron chi connectivity index (χ1n) is 14.7. The van der Waals surface area contributed by atoms with E-state index in [4.69, 9.17) is 9.47 Å². The number of carbonyl (C=O) groups excluding carboxylic acids is 2. The molecule has 2 unspecified atom stereocenters. The third-order valence-corrected chi connectivity index (χ3v) is 9.06. The van der Waals surface area contributed by atoms with Crippen LogP contribution in [0.15, 0.2) is 66.7 Å². The van der Waals surface area contributed by atoms with E-state index in [0.29, 0.717) is 32.7 Å². The molecule has 5 nitrogen and oxygen atoms in total. The Bertz CT molecular complexity index is 1340. The van der Waals surface area contributed by atoms with Gasteiger partial charge >= 0.3 is 6.09 Å². The molecule has 1 aliphatic carbocycles. The van der Waals surface area contributed by atoms with E-state index < -0.39 is 0 Å². The summed E-state index contributed by atoms with van der Waals surface area (Å²) >= 11 is 0. The highest BCUT2D eigenvalue weighted by atomic mass is 16.6. The van der Waals surface area contributed by atoms with Crippen LogP contribution in [-0.4, -0.2) is 48.7 Å². The van der Waals surface area contributed by atoms with Crippen molar-refractivity contribution < 1.29 is 19.1 Å². The molecule has 0 aromatic heterocycles. The molecule has 2 aliphatic heterocycles. The predicted octanol–water partition coefficient (Wildman–Crippen LogP) is 7.54. The summed E-state index contributed by atoms with van der Waals surface area (Å²) in [4.78, 5) is 29.6. The number of ketones is 1. The van der Waals surface area contributed by atoms with Gasteiger partial charge in [-0.3, -0.25) is 9.69 Å². The van der Waals surface area contributed by atoms with E-state index in [1.54, 1.807) is 0 Å². The standard InChI is InChI=1S/C35H39NO4/c1-21(2)26-14-9-15-27(22(3)4)33(26)34(37)23-16-24-18-39-19-25(17-23)36(24)35(38)40-20-32-30-12-7-5-10-28(30)29-11-6-8-13-31(29)32/h5-15,21-25,32H,16-20H2,1-4H3. The van der Waals surface area contributed by atoms with E-state index in [2.05, 4.69) is 82.3 Å². The highest BCUT2D eigenvalue weighted by molar-refractivity contribution is 6.01. The average molecular weight is 538 g/mol. The van der Waals surface area contributed by atoms with E-state index in [1.165, 1.54) is 22.3 Å². The van der Waals surface area contributed by atoms with Crippen molar-refractivity contribution in [2.45, 2.75) is 70.4 Å². The smallest absolute Gasteiger partial charge is 0.410 e. The van der Waals surface area contributed by atoms with Crippen molar-refractivity contribution in [3.63, 3.8) is 0 Å². The quantitative estimate of drug-likeness (QED) is 0.305. The van der Waals surface area contributed by atoms with Crippen molar-refractivity contribution in [3.8, 4) is 11.1 Å². The molecule has 0 spiro atoms. The third-order valence-electron chi connectivity index (χ3n) is 9.06. The zero-order chi connectivity index (χ0) is 28.0. The second-order valence-electron chi connectivity index (χ2n) is 12.2. The molecule has 0 radical (unpaired) electrons. The first-order valence-corrected chi connectivity index (χ1v) is 14.7. The van der Waals surface area contributed by atoms with E-state index in [-0.39, 0.29) is 47.6 Å². The minimum absolute atomic E-state index is 0.0218. The van der Waals surface area contributed by atoms with Gasteiger partial charge in [0.25, 0.3) is 0 Å². The minimum Gasteiger partial charge on any atom is -0.448 e. The number of Topliss-reactive ketones (excluding diaryl/α,β-unsaturated/α-hetero) is 1. The summed E-state index contributed by atoms with van der Waals surface area (Å²) in [6, 6.07) is 22.7. The van der Waals surface area contributed by atoms with E-state index in [9.17, 15) is 9.59 Å². The molecular weight excluding hydrogens is 498 g/mol. The second-order valence-corrected chi connectivity index (χ2v) is 12.2. The normalized spacial score (nSPS) is 21.9. The number of ether oxygens (including phenoxy) is 2. The van der Waals surface area contributed by atoms with Gasteiger partial charge in [0.2, 0.25) is 0 Å². The number of nitrogens with zero attached hydrogens (tertiary/aromatic N) is 1. The predicted molar refractivity (Wildman–Crippen MR) is 157 cm³/mol. The van der Waals surface area contributed by atoms with Gasteiger partial charge in [-0.2, -0.15) is 0 Å². The van der Waals surface area contributed by atoms with Crippen LogP contribution in [0.3, 0.4) is 0 Å². The Labute approximate surface area is 237 Å². The Morgan fingerprint density at radius 3 is 1.85 bits per heavy atom. The lowest BCUT2D eigenvalue weighted by Crippen LogP contribution is -2.60. The Hall–Kier alpha value is -3.44. The van der Waals surface area contributed by atoms with Crippen LogP contribution in [-0.2, 0) is 9.47 Å². The Morgan fingerprint density at radius 1 is 0.800 bits per heavy atom. The number of morpholine rings is 1. The molecule has 2 saturated heterocycles. The second kappa shape index (κ2) is 10.9. The van der Waals surface area contributed by atoms with Crippen LogP contribution in [0.1, 0.15) is 90.9 Å². The molecule has 2 atom stereocenters. The van der Waals surface area contributed by atoms with Crippen molar-refractivity contribution in [2.75, 3.05) is 19.8 Å². The number of rotatable bonds is 6. The molecule has 0 saturated carbocycles. The van der Waals surface area contributed by atoms with E-state index in [1.807, 2.05) is 17.0 Å². The first kappa shape index (κ1) is 26.8. The maximum atomic E-state index is 14.1. The Kier molecular flexibility index (Phi) is 7.26. The fourth-order valence-electron chi connectivity index (χ4n) is 7.14. The van der Waals surface area contributed by atoms with Crippen molar-refractivity contribution in [1.29, 1.82) is 0 Å². The molecule has 208 valence electrons. The molecule has 5 heteroatoms. The van der Waals surface area contributed by atoms with Gasteiger partial charge in [-0.1, -0.05) is 94.4 Å². The monoisotopic (exact) mass is 537 g/mol. The number of hydrogen-bond donors (Lipinski definition) is 0. The van der Waals surface area contributed by atoms with Gasteiger partial charge in [0, 0.05) is 17.4 Å². The summed E-state index contributed by atoms with van der Waals surface area (Å²) in [7, 11) is 0. The summed E-state index contributed by atoms with van der Waals surface area (Å²) in [6.45, 7) is 9.78. The molecule has 3 aromatic rings. The summed E-state index contributed by atoms with van der Waals surface area (Å²) in [6.07, 6.45) is 0.906. The molecule has 2 fully saturated rings. The zero-order valence-corrected chi connectivity index (χ0v) is 23.9. The lowest BCUT2D eigenvalue weighted by Gasteiger charge is -2.47. The topological polar surface area (TPSA) is 55.8 Å². The van der Waals surface area contributed by atoms with Crippen molar-refractivity contribution in [3.05, 3.63) is 94.5 Å². The number of piperidine rings is 1. The lowest BCUT2D eigenvalue weighted by molar-refractivity contribution is -0.0748. The summed E-state index contributed by atoms with van der Waals surface area (Å²) in [5.74, 6) is 0.641. The molecule has 3 aromatic carbocycles. The fourth-order valence-corrected chi connectivity index (χ4v) is 7.14. The number of hydrogen-bond acceptors (Lipinski definition) is 4. The average Bonchev–Trinajstić information content (AvgIpc) is 3.28. The Morgan fingerprint density at radius 2 is 1.32 bits per heavy atom. The van der Waals surface area contributed by atoms with Crippen LogP contribution < -0.4 is 0 Å². The molecule has 2 bridgehead atoms. The SMILES string of the molecule is CC(C)c1cccc(C(C)C)c1C(=O)C1CC2COCC(C1)N2C(=O)OCC1c2ccccc2-c2ccccc21. The first-order chi connectivity index (χ1) is 19.3. The largest absolute Gasteiger partial charge is 0.448 e.